The van der Waals surface area contributed by atoms with Gasteiger partial charge in [-0.05, 0) is 30.7 Å². The number of anilines is 1. The topological polar surface area (TPSA) is 83.6 Å². The van der Waals surface area contributed by atoms with Gasteiger partial charge in [-0.15, -0.1) is 0 Å². The largest absolute Gasteiger partial charge is 0.351 e. The van der Waals surface area contributed by atoms with Crippen molar-refractivity contribution >= 4 is 27.3 Å². The molecule has 1 heterocycles. The van der Waals surface area contributed by atoms with Crippen LogP contribution in [-0.2, 0) is 19.4 Å². The molecule has 1 unspecified atom stereocenters. The van der Waals surface area contributed by atoms with Crippen molar-refractivity contribution in [3.63, 3.8) is 0 Å². The quantitative estimate of drug-likeness (QED) is 0.871. The molecule has 1 aliphatic rings. The highest BCUT2D eigenvalue weighted by Crippen LogP contribution is 2.15. The van der Waals surface area contributed by atoms with Crippen LogP contribution in [0.25, 0.3) is 0 Å². The molecule has 1 aromatic rings. The van der Waals surface area contributed by atoms with Crippen molar-refractivity contribution < 1.29 is 22.4 Å². The molecule has 1 aliphatic heterocycles. The summed E-state index contributed by atoms with van der Waals surface area (Å²) >= 11 is 0. The highest BCUT2D eigenvalue weighted by molar-refractivity contribution is 7.91. The van der Waals surface area contributed by atoms with Crippen LogP contribution in [0.4, 0.5) is 10.1 Å². The third-order valence-corrected chi connectivity index (χ3v) is 5.19. The van der Waals surface area contributed by atoms with Gasteiger partial charge >= 0.3 is 0 Å². The predicted octanol–water partition coefficient (Wildman–Crippen LogP) is 0.482. The second-order valence-corrected chi connectivity index (χ2v) is 7.48. The van der Waals surface area contributed by atoms with Gasteiger partial charge in [0.05, 0.1) is 11.5 Å². The van der Waals surface area contributed by atoms with E-state index in [1.54, 1.807) is 0 Å². The monoisotopic (exact) mass is 328 g/mol. The van der Waals surface area contributed by atoms with Crippen LogP contribution < -0.4 is 10.2 Å². The SMILES string of the molecule is CC(=O)N(CC(=O)NC1CCS(=O)(=O)C1)c1ccc(F)cc1. The Morgan fingerprint density at radius 1 is 1.32 bits per heavy atom. The summed E-state index contributed by atoms with van der Waals surface area (Å²) in [6, 6.07) is 4.80. The predicted molar refractivity (Wildman–Crippen MR) is 79.6 cm³/mol. The first-order chi connectivity index (χ1) is 10.3. The fourth-order valence-corrected chi connectivity index (χ4v) is 4.00. The zero-order valence-corrected chi connectivity index (χ0v) is 12.9. The van der Waals surface area contributed by atoms with E-state index in [1.165, 1.54) is 36.1 Å². The van der Waals surface area contributed by atoms with Gasteiger partial charge in [-0.25, -0.2) is 12.8 Å². The molecule has 6 nitrogen and oxygen atoms in total. The third-order valence-electron chi connectivity index (χ3n) is 3.42. The minimum atomic E-state index is -3.08. The number of rotatable bonds is 4. The van der Waals surface area contributed by atoms with Crippen molar-refractivity contribution in [2.75, 3.05) is 23.0 Å². The highest BCUT2D eigenvalue weighted by atomic mass is 32.2. The Bertz CT molecular complexity index is 673. The zero-order valence-electron chi connectivity index (χ0n) is 12.1. The van der Waals surface area contributed by atoms with Gasteiger partial charge in [0.15, 0.2) is 9.84 Å². The van der Waals surface area contributed by atoms with E-state index in [-0.39, 0.29) is 24.0 Å². The normalized spacial score (nSPS) is 19.6. The van der Waals surface area contributed by atoms with E-state index in [9.17, 15) is 22.4 Å². The van der Waals surface area contributed by atoms with Crippen LogP contribution in [0, 0.1) is 5.82 Å². The Labute approximate surface area is 128 Å². The van der Waals surface area contributed by atoms with E-state index in [0.29, 0.717) is 12.1 Å². The number of benzene rings is 1. The van der Waals surface area contributed by atoms with Crippen molar-refractivity contribution in [3.8, 4) is 0 Å². The molecule has 1 saturated heterocycles. The lowest BCUT2D eigenvalue weighted by molar-refractivity contribution is -0.123. The number of amides is 2. The van der Waals surface area contributed by atoms with Crippen LogP contribution in [0.5, 0.6) is 0 Å². The molecule has 1 aromatic carbocycles. The molecule has 1 N–H and O–H groups in total. The van der Waals surface area contributed by atoms with Crippen LogP contribution in [0.15, 0.2) is 24.3 Å². The molecule has 0 bridgehead atoms. The summed E-state index contributed by atoms with van der Waals surface area (Å²) in [6.45, 7) is 1.06. The summed E-state index contributed by atoms with van der Waals surface area (Å²) in [4.78, 5) is 24.9. The first kappa shape index (κ1) is 16.4. The summed E-state index contributed by atoms with van der Waals surface area (Å²) in [7, 11) is -3.08. The summed E-state index contributed by atoms with van der Waals surface area (Å²) in [5.41, 5.74) is 0.406. The lowest BCUT2D eigenvalue weighted by Crippen LogP contribution is -2.44. The average Bonchev–Trinajstić information content (AvgIpc) is 2.76. The molecule has 1 atom stereocenters. The average molecular weight is 328 g/mol. The Balaban J connectivity index is 2.01. The minimum Gasteiger partial charge on any atom is -0.351 e. The van der Waals surface area contributed by atoms with Gasteiger partial charge in [0.25, 0.3) is 0 Å². The van der Waals surface area contributed by atoms with E-state index in [2.05, 4.69) is 5.32 Å². The fraction of sp³-hybridized carbons (Fsp3) is 0.429. The molecule has 8 heteroatoms. The molecule has 0 aromatic heterocycles. The number of carbonyl (C=O) groups is 2. The second kappa shape index (κ2) is 6.43. The van der Waals surface area contributed by atoms with Crippen molar-refractivity contribution in [1.82, 2.24) is 5.32 Å². The number of hydrogen-bond donors (Lipinski definition) is 1. The standard InChI is InChI=1S/C14H17FN2O4S/c1-10(18)17(13-4-2-11(15)3-5-13)8-14(19)16-12-6-7-22(20,21)9-12/h2-5,12H,6-9H2,1H3,(H,16,19). The van der Waals surface area contributed by atoms with Crippen LogP contribution in [0.3, 0.4) is 0 Å². The van der Waals surface area contributed by atoms with Gasteiger partial charge < -0.3 is 10.2 Å². The molecule has 0 aliphatic carbocycles. The van der Waals surface area contributed by atoms with Gasteiger partial charge in [-0.3, -0.25) is 9.59 Å². The molecule has 22 heavy (non-hydrogen) atoms. The number of carbonyl (C=O) groups excluding carboxylic acids is 2. The van der Waals surface area contributed by atoms with Gasteiger partial charge in [0, 0.05) is 18.7 Å². The number of sulfone groups is 1. The first-order valence-corrected chi connectivity index (χ1v) is 8.62. The maximum Gasteiger partial charge on any atom is 0.240 e. The van der Waals surface area contributed by atoms with Gasteiger partial charge in [0.2, 0.25) is 11.8 Å². The van der Waals surface area contributed by atoms with E-state index >= 15 is 0 Å². The molecule has 120 valence electrons. The number of hydrogen-bond acceptors (Lipinski definition) is 4. The third kappa shape index (κ3) is 4.27. The molecule has 2 amide bonds. The summed E-state index contributed by atoms with van der Waals surface area (Å²) in [5, 5.41) is 2.61. The Morgan fingerprint density at radius 2 is 1.95 bits per heavy atom. The molecular weight excluding hydrogens is 311 g/mol. The maximum atomic E-state index is 12.9. The molecule has 1 fully saturated rings. The van der Waals surface area contributed by atoms with Crippen molar-refractivity contribution in [2.24, 2.45) is 0 Å². The zero-order chi connectivity index (χ0) is 16.3. The van der Waals surface area contributed by atoms with E-state index < -0.39 is 27.6 Å². The van der Waals surface area contributed by atoms with E-state index in [0.717, 1.165) is 0 Å². The molecule has 2 rings (SSSR count). The molecular formula is C14H17FN2O4S. The first-order valence-electron chi connectivity index (χ1n) is 6.80. The summed E-state index contributed by atoms with van der Waals surface area (Å²) < 4.78 is 35.6. The smallest absolute Gasteiger partial charge is 0.240 e. The van der Waals surface area contributed by atoms with E-state index in [4.69, 9.17) is 0 Å². The summed E-state index contributed by atoms with van der Waals surface area (Å²) in [5.74, 6) is -1.25. The second-order valence-electron chi connectivity index (χ2n) is 5.25. The van der Waals surface area contributed by atoms with Gasteiger partial charge in [-0.1, -0.05) is 0 Å². The molecule has 0 spiro atoms. The maximum absolute atomic E-state index is 12.9. The lowest BCUT2D eigenvalue weighted by atomic mass is 10.2. The van der Waals surface area contributed by atoms with Crippen LogP contribution in [-0.4, -0.2) is 44.3 Å². The minimum absolute atomic E-state index is 0.0618. The van der Waals surface area contributed by atoms with Crippen molar-refractivity contribution in [3.05, 3.63) is 30.1 Å². The number of nitrogens with zero attached hydrogens (tertiary/aromatic N) is 1. The lowest BCUT2D eigenvalue weighted by Gasteiger charge is -2.21. The van der Waals surface area contributed by atoms with Crippen LogP contribution in [0.2, 0.25) is 0 Å². The number of nitrogens with one attached hydrogen (secondary N) is 1. The fourth-order valence-electron chi connectivity index (χ4n) is 2.33. The Kier molecular flexibility index (Phi) is 4.80. The Morgan fingerprint density at radius 3 is 2.45 bits per heavy atom. The molecule has 0 saturated carbocycles. The van der Waals surface area contributed by atoms with Crippen LogP contribution in [0.1, 0.15) is 13.3 Å². The van der Waals surface area contributed by atoms with Gasteiger partial charge in [-0.2, -0.15) is 0 Å². The molecule has 0 radical (unpaired) electrons. The van der Waals surface area contributed by atoms with Crippen molar-refractivity contribution in [1.29, 1.82) is 0 Å². The van der Waals surface area contributed by atoms with Crippen molar-refractivity contribution in [2.45, 2.75) is 19.4 Å². The Hall–Kier alpha value is -1.96. The van der Waals surface area contributed by atoms with E-state index in [1.807, 2.05) is 0 Å². The number of halogens is 1. The van der Waals surface area contributed by atoms with Crippen LogP contribution >= 0.6 is 0 Å². The summed E-state index contributed by atoms with van der Waals surface area (Å²) in [6.07, 6.45) is 0.380. The van der Waals surface area contributed by atoms with Gasteiger partial charge in [0.1, 0.15) is 12.4 Å². The highest BCUT2D eigenvalue weighted by Gasteiger charge is 2.29.